The van der Waals surface area contributed by atoms with Gasteiger partial charge >= 0.3 is 0 Å². The first-order valence-electron chi connectivity index (χ1n) is 6.98. The summed E-state index contributed by atoms with van der Waals surface area (Å²) in [5, 5.41) is 1.03. The number of carbonyl (C=O) groups excluding carboxylic acids is 1. The Kier molecular flexibility index (Phi) is 4.93. The zero-order valence-corrected chi connectivity index (χ0v) is 12.9. The molecule has 5 heteroatoms. The maximum atomic E-state index is 11.0. The van der Waals surface area contributed by atoms with Gasteiger partial charge in [-0.1, -0.05) is 18.3 Å². The third-order valence-corrected chi connectivity index (χ3v) is 4.75. The number of carbonyl (C=O) groups is 1. The van der Waals surface area contributed by atoms with Crippen LogP contribution in [0.3, 0.4) is 0 Å². The number of hydrogen-bond acceptors (Lipinski definition) is 5. The van der Waals surface area contributed by atoms with E-state index in [4.69, 9.17) is 0 Å². The SMILES string of the molecule is CCc1nc(N2CCC(CN(C)C)CC2)sc1C=O. The molecule has 0 radical (unpaired) electrons. The second-order valence-electron chi connectivity index (χ2n) is 5.47. The summed E-state index contributed by atoms with van der Waals surface area (Å²) in [6.45, 7) is 5.35. The van der Waals surface area contributed by atoms with Gasteiger partial charge in [0.05, 0.1) is 10.6 Å². The number of aromatic nitrogens is 1. The molecule has 1 aliphatic heterocycles. The molecule has 19 heavy (non-hydrogen) atoms. The first-order chi connectivity index (χ1) is 9.13. The molecule has 0 aliphatic carbocycles. The Balaban J connectivity index is 1.97. The van der Waals surface area contributed by atoms with Gasteiger partial charge in [-0.15, -0.1) is 0 Å². The lowest BCUT2D eigenvalue weighted by Gasteiger charge is -2.33. The molecule has 0 atom stereocenters. The second-order valence-corrected chi connectivity index (χ2v) is 6.48. The van der Waals surface area contributed by atoms with Gasteiger partial charge in [-0.25, -0.2) is 4.98 Å². The number of nitrogens with zero attached hydrogens (tertiary/aromatic N) is 3. The van der Waals surface area contributed by atoms with Crippen molar-refractivity contribution >= 4 is 22.8 Å². The highest BCUT2D eigenvalue weighted by molar-refractivity contribution is 7.17. The zero-order chi connectivity index (χ0) is 13.8. The molecule has 0 spiro atoms. The summed E-state index contributed by atoms with van der Waals surface area (Å²) < 4.78 is 0. The van der Waals surface area contributed by atoms with Crippen molar-refractivity contribution in [3.8, 4) is 0 Å². The van der Waals surface area contributed by atoms with Crippen LogP contribution in [0.15, 0.2) is 0 Å². The number of thiazole rings is 1. The van der Waals surface area contributed by atoms with Crippen LogP contribution in [0.5, 0.6) is 0 Å². The highest BCUT2D eigenvalue weighted by atomic mass is 32.1. The summed E-state index contributed by atoms with van der Waals surface area (Å²) in [4.78, 5) is 21.0. The van der Waals surface area contributed by atoms with E-state index in [1.807, 2.05) is 0 Å². The van der Waals surface area contributed by atoms with Crippen LogP contribution in [0.2, 0.25) is 0 Å². The number of rotatable bonds is 5. The molecule has 0 saturated carbocycles. The molecule has 0 bridgehead atoms. The summed E-state index contributed by atoms with van der Waals surface area (Å²) in [5.74, 6) is 0.794. The highest BCUT2D eigenvalue weighted by Gasteiger charge is 2.22. The summed E-state index contributed by atoms with van der Waals surface area (Å²) in [6, 6.07) is 0. The lowest BCUT2D eigenvalue weighted by Crippen LogP contribution is -2.37. The predicted octanol–water partition coefficient (Wildman–Crippen LogP) is 2.30. The topological polar surface area (TPSA) is 36.4 Å². The largest absolute Gasteiger partial charge is 0.348 e. The third kappa shape index (κ3) is 3.54. The smallest absolute Gasteiger partial charge is 0.186 e. The Morgan fingerprint density at radius 2 is 2.11 bits per heavy atom. The van der Waals surface area contributed by atoms with Crippen molar-refractivity contribution in [1.29, 1.82) is 0 Å². The number of hydrogen-bond donors (Lipinski definition) is 0. The Hall–Kier alpha value is -0.940. The van der Waals surface area contributed by atoms with Gasteiger partial charge in [-0.3, -0.25) is 4.79 Å². The van der Waals surface area contributed by atoms with E-state index < -0.39 is 0 Å². The third-order valence-electron chi connectivity index (χ3n) is 3.67. The molecule has 0 amide bonds. The fourth-order valence-electron chi connectivity index (χ4n) is 2.65. The minimum absolute atomic E-state index is 0.794. The van der Waals surface area contributed by atoms with Crippen molar-refractivity contribution in [2.45, 2.75) is 26.2 Å². The van der Waals surface area contributed by atoms with Gasteiger partial charge in [0.25, 0.3) is 0 Å². The van der Waals surface area contributed by atoms with Crippen molar-refractivity contribution in [2.24, 2.45) is 5.92 Å². The summed E-state index contributed by atoms with van der Waals surface area (Å²) >= 11 is 1.54. The van der Waals surface area contributed by atoms with E-state index in [9.17, 15) is 4.79 Å². The van der Waals surface area contributed by atoms with Gasteiger partial charge in [-0.05, 0) is 39.3 Å². The van der Waals surface area contributed by atoms with Crippen molar-refractivity contribution in [3.63, 3.8) is 0 Å². The number of aldehydes is 1. The van der Waals surface area contributed by atoms with Gasteiger partial charge in [-0.2, -0.15) is 0 Å². The van der Waals surface area contributed by atoms with Crippen LogP contribution >= 0.6 is 11.3 Å². The number of anilines is 1. The van der Waals surface area contributed by atoms with Crippen LogP contribution in [0.4, 0.5) is 5.13 Å². The molecule has 0 N–H and O–H groups in total. The van der Waals surface area contributed by atoms with E-state index in [2.05, 4.69) is 35.8 Å². The monoisotopic (exact) mass is 281 g/mol. The minimum Gasteiger partial charge on any atom is -0.348 e. The zero-order valence-electron chi connectivity index (χ0n) is 12.1. The second kappa shape index (κ2) is 6.48. The molecule has 1 aromatic heterocycles. The molecule has 1 saturated heterocycles. The maximum Gasteiger partial charge on any atom is 0.186 e. The molecule has 106 valence electrons. The molecule has 1 fully saturated rings. The molecule has 1 aliphatic rings. The summed E-state index contributed by atoms with van der Waals surface area (Å²) in [5.41, 5.74) is 0.949. The van der Waals surface area contributed by atoms with Crippen LogP contribution in [0.25, 0.3) is 0 Å². The fraction of sp³-hybridized carbons (Fsp3) is 0.714. The van der Waals surface area contributed by atoms with Gasteiger partial charge < -0.3 is 9.80 Å². The van der Waals surface area contributed by atoms with Gasteiger partial charge in [0, 0.05) is 19.6 Å². The summed E-state index contributed by atoms with van der Waals surface area (Å²) in [6.07, 6.45) is 4.21. The van der Waals surface area contributed by atoms with Gasteiger partial charge in [0.1, 0.15) is 0 Å². The fourth-order valence-corrected chi connectivity index (χ4v) is 3.67. The van der Waals surface area contributed by atoms with E-state index in [0.29, 0.717) is 0 Å². The molecule has 2 heterocycles. The number of piperidine rings is 1. The van der Waals surface area contributed by atoms with Crippen molar-refractivity contribution < 1.29 is 4.79 Å². The quantitative estimate of drug-likeness (QED) is 0.776. The first kappa shape index (κ1) is 14.5. The lowest BCUT2D eigenvalue weighted by atomic mass is 9.97. The van der Waals surface area contributed by atoms with Crippen molar-refractivity contribution in [3.05, 3.63) is 10.6 Å². The number of aryl methyl sites for hydroxylation is 1. The van der Waals surface area contributed by atoms with Crippen molar-refractivity contribution in [1.82, 2.24) is 9.88 Å². The average Bonchev–Trinajstić information content (AvgIpc) is 2.82. The van der Waals surface area contributed by atoms with E-state index in [1.165, 1.54) is 19.4 Å². The van der Waals surface area contributed by atoms with Crippen LogP contribution in [-0.2, 0) is 6.42 Å². The maximum absolute atomic E-state index is 11.0. The molecule has 2 rings (SSSR count). The van der Waals surface area contributed by atoms with Crippen LogP contribution < -0.4 is 4.90 Å². The lowest BCUT2D eigenvalue weighted by molar-refractivity contribution is 0.112. The standard InChI is InChI=1S/C14H23N3OS/c1-4-12-13(10-18)19-14(15-12)17-7-5-11(6-8-17)9-16(2)3/h10-11H,4-9H2,1-3H3. The molecule has 1 aromatic rings. The van der Waals surface area contributed by atoms with E-state index in [1.54, 1.807) is 11.3 Å². The Morgan fingerprint density at radius 3 is 2.58 bits per heavy atom. The molecule has 0 unspecified atom stereocenters. The van der Waals surface area contributed by atoms with Crippen LogP contribution in [0.1, 0.15) is 35.1 Å². The van der Waals surface area contributed by atoms with Crippen molar-refractivity contribution in [2.75, 3.05) is 38.6 Å². The molecular formula is C14H23N3OS. The van der Waals surface area contributed by atoms with Crippen LogP contribution in [-0.4, -0.2) is 49.9 Å². The normalized spacial score (nSPS) is 17.2. The molecule has 0 aromatic carbocycles. The molecular weight excluding hydrogens is 258 g/mol. The predicted molar refractivity (Wildman–Crippen MR) is 80.4 cm³/mol. The summed E-state index contributed by atoms with van der Waals surface area (Å²) in [7, 11) is 4.27. The molecule has 4 nitrogen and oxygen atoms in total. The Bertz CT molecular complexity index is 422. The van der Waals surface area contributed by atoms with E-state index >= 15 is 0 Å². The van der Waals surface area contributed by atoms with E-state index in [0.717, 1.165) is 47.4 Å². The van der Waals surface area contributed by atoms with Crippen LogP contribution in [0, 0.1) is 5.92 Å². The van der Waals surface area contributed by atoms with Gasteiger partial charge in [0.2, 0.25) is 0 Å². The average molecular weight is 281 g/mol. The minimum atomic E-state index is 0.794. The van der Waals surface area contributed by atoms with E-state index in [-0.39, 0.29) is 0 Å². The first-order valence-corrected chi connectivity index (χ1v) is 7.80. The highest BCUT2D eigenvalue weighted by Crippen LogP contribution is 2.29. The Morgan fingerprint density at radius 1 is 1.42 bits per heavy atom. The Labute approximate surface area is 119 Å². The van der Waals surface area contributed by atoms with Gasteiger partial charge in [0.15, 0.2) is 11.4 Å².